The Morgan fingerprint density at radius 3 is 2.54 bits per heavy atom. The molecule has 0 aliphatic rings. The summed E-state index contributed by atoms with van der Waals surface area (Å²) in [4.78, 5) is 14.8. The smallest absolute Gasteiger partial charge is 0.254 e. The van der Waals surface area contributed by atoms with Crippen molar-refractivity contribution in [2.45, 2.75) is 26.4 Å². The van der Waals surface area contributed by atoms with Crippen LogP contribution in [0.2, 0.25) is 5.02 Å². The summed E-state index contributed by atoms with van der Waals surface area (Å²) in [6.45, 7) is 7.60. The summed E-state index contributed by atoms with van der Waals surface area (Å²) in [5.41, 5.74) is 4.03. The maximum absolute atomic E-state index is 13.0. The number of hydrogen-bond donors (Lipinski definition) is 0. The second-order valence-electron chi connectivity index (χ2n) is 6.74. The average Bonchev–Trinajstić information content (AvgIpc) is 3.15. The minimum absolute atomic E-state index is 0.00745. The van der Waals surface area contributed by atoms with Crippen LogP contribution in [0.3, 0.4) is 0 Å². The molecule has 0 aliphatic carbocycles. The number of aryl methyl sites for hydroxylation is 1. The van der Waals surface area contributed by atoms with E-state index in [0.29, 0.717) is 25.2 Å². The predicted octanol–water partition coefficient (Wildman–Crippen LogP) is 5.58. The van der Waals surface area contributed by atoms with Crippen molar-refractivity contribution in [1.82, 2.24) is 9.47 Å². The van der Waals surface area contributed by atoms with E-state index >= 15 is 0 Å². The van der Waals surface area contributed by atoms with Crippen molar-refractivity contribution in [3.8, 4) is 0 Å². The molecule has 3 rings (SSSR count). The molecule has 144 valence electrons. The summed E-state index contributed by atoms with van der Waals surface area (Å²) in [5, 5.41) is 0.747. The number of halogens is 1. The predicted molar refractivity (Wildman–Crippen MR) is 116 cm³/mol. The molecule has 0 saturated carbocycles. The van der Waals surface area contributed by atoms with E-state index in [1.807, 2.05) is 71.8 Å². The summed E-state index contributed by atoms with van der Waals surface area (Å²) in [7, 11) is 0. The first-order chi connectivity index (χ1) is 13.6. The van der Waals surface area contributed by atoms with E-state index in [2.05, 4.69) is 18.1 Å². The molecule has 0 radical (unpaired) electrons. The lowest BCUT2D eigenvalue weighted by Crippen LogP contribution is -2.31. The summed E-state index contributed by atoms with van der Waals surface area (Å²) in [6.07, 6.45) is 4.74. The molecular formula is C24H25ClN2O. The highest BCUT2D eigenvalue weighted by Gasteiger charge is 2.17. The minimum Gasteiger partial charge on any atom is -0.345 e. The summed E-state index contributed by atoms with van der Waals surface area (Å²) >= 11 is 6.31. The molecule has 0 N–H and O–H groups in total. The zero-order valence-electron chi connectivity index (χ0n) is 16.1. The topological polar surface area (TPSA) is 25.2 Å². The second-order valence-corrected chi connectivity index (χ2v) is 7.15. The summed E-state index contributed by atoms with van der Waals surface area (Å²) in [6, 6.07) is 19.7. The molecule has 0 spiro atoms. The minimum atomic E-state index is 0.00745. The molecular weight excluding hydrogens is 368 g/mol. The van der Waals surface area contributed by atoms with Crippen LogP contribution < -0.4 is 0 Å². The van der Waals surface area contributed by atoms with E-state index in [9.17, 15) is 4.79 Å². The zero-order chi connectivity index (χ0) is 19.9. The van der Waals surface area contributed by atoms with Gasteiger partial charge in [-0.1, -0.05) is 54.9 Å². The number of carbonyl (C=O) groups excluding carboxylic acids is 1. The Labute approximate surface area is 171 Å². The largest absolute Gasteiger partial charge is 0.345 e. The van der Waals surface area contributed by atoms with Gasteiger partial charge in [0.1, 0.15) is 0 Å². The summed E-state index contributed by atoms with van der Waals surface area (Å²) in [5.74, 6) is 0.00745. The average molecular weight is 393 g/mol. The quantitative estimate of drug-likeness (QED) is 0.459. The standard InChI is InChI=1S/C24H25ClN2O/c1-3-15-27(24(28)20-13-11-19(4-2)12-14-20)18-22-9-7-16-26(22)17-21-8-5-6-10-23(21)25/h3,5-14,16H,1,4,15,17-18H2,2H3. The Morgan fingerprint density at radius 2 is 1.86 bits per heavy atom. The zero-order valence-corrected chi connectivity index (χ0v) is 16.9. The van der Waals surface area contributed by atoms with Gasteiger partial charge in [0.15, 0.2) is 0 Å². The third kappa shape index (κ3) is 4.73. The molecule has 4 heteroatoms. The van der Waals surface area contributed by atoms with E-state index in [0.717, 1.165) is 22.7 Å². The molecule has 0 unspecified atom stereocenters. The fourth-order valence-electron chi connectivity index (χ4n) is 3.19. The van der Waals surface area contributed by atoms with Gasteiger partial charge in [-0.2, -0.15) is 0 Å². The highest BCUT2D eigenvalue weighted by atomic mass is 35.5. The molecule has 1 amide bonds. The van der Waals surface area contributed by atoms with E-state index in [-0.39, 0.29) is 5.91 Å². The third-order valence-corrected chi connectivity index (χ3v) is 5.19. The van der Waals surface area contributed by atoms with Crippen LogP contribution >= 0.6 is 11.6 Å². The van der Waals surface area contributed by atoms with Crippen LogP contribution in [-0.4, -0.2) is 21.9 Å². The lowest BCUT2D eigenvalue weighted by atomic mass is 10.1. The fraction of sp³-hybridized carbons (Fsp3) is 0.208. The molecule has 0 fully saturated rings. The van der Waals surface area contributed by atoms with Crippen LogP contribution in [0, 0.1) is 0 Å². The highest BCUT2D eigenvalue weighted by Crippen LogP contribution is 2.19. The molecule has 28 heavy (non-hydrogen) atoms. The molecule has 0 atom stereocenters. The van der Waals surface area contributed by atoms with Gasteiger partial charge in [-0.3, -0.25) is 4.79 Å². The van der Waals surface area contributed by atoms with Crippen LogP contribution in [0.15, 0.2) is 79.5 Å². The lowest BCUT2D eigenvalue weighted by molar-refractivity contribution is 0.0759. The number of benzene rings is 2. The summed E-state index contributed by atoms with van der Waals surface area (Å²) < 4.78 is 2.13. The van der Waals surface area contributed by atoms with Crippen molar-refractivity contribution in [1.29, 1.82) is 0 Å². The Balaban J connectivity index is 1.79. The van der Waals surface area contributed by atoms with Crippen molar-refractivity contribution in [2.24, 2.45) is 0 Å². The van der Waals surface area contributed by atoms with E-state index in [1.165, 1.54) is 5.56 Å². The highest BCUT2D eigenvalue weighted by molar-refractivity contribution is 6.31. The number of amides is 1. The van der Waals surface area contributed by atoms with Crippen LogP contribution in [0.25, 0.3) is 0 Å². The van der Waals surface area contributed by atoms with Crippen molar-refractivity contribution >= 4 is 17.5 Å². The van der Waals surface area contributed by atoms with Gasteiger partial charge in [0.25, 0.3) is 5.91 Å². The van der Waals surface area contributed by atoms with Crippen LogP contribution in [0.5, 0.6) is 0 Å². The molecule has 1 aromatic heterocycles. The van der Waals surface area contributed by atoms with Gasteiger partial charge in [-0.15, -0.1) is 6.58 Å². The molecule has 3 nitrogen and oxygen atoms in total. The monoisotopic (exact) mass is 392 g/mol. The molecule has 2 aromatic carbocycles. The molecule has 1 heterocycles. The Kier molecular flexibility index (Phi) is 6.72. The normalized spacial score (nSPS) is 10.6. The van der Waals surface area contributed by atoms with Gasteiger partial charge >= 0.3 is 0 Å². The fourth-order valence-corrected chi connectivity index (χ4v) is 3.39. The first-order valence-electron chi connectivity index (χ1n) is 9.49. The van der Waals surface area contributed by atoms with Gasteiger partial charge in [0, 0.05) is 35.6 Å². The molecule has 3 aromatic rings. The second kappa shape index (κ2) is 9.43. The number of nitrogens with zero attached hydrogens (tertiary/aromatic N) is 2. The van der Waals surface area contributed by atoms with Gasteiger partial charge < -0.3 is 9.47 Å². The van der Waals surface area contributed by atoms with Gasteiger partial charge in [-0.25, -0.2) is 0 Å². The first-order valence-corrected chi connectivity index (χ1v) is 9.86. The molecule has 0 bridgehead atoms. The third-order valence-electron chi connectivity index (χ3n) is 4.82. The number of carbonyl (C=O) groups is 1. The van der Waals surface area contributed by atoms with Crippen molar-refractivity contribution in [3.63, 3.8) is 0 Å². The SMILES string of the molecule is C=CCN(Cc1cccn1Cc1ccccc1Cl)C(=O)c1ccc(CC)cc1. The van der Waals surface area contributed by atoms with Crippen molar-refractivity contribution in [2.75, 3.05) is 6.54 Å². The maximum Gasteiger partial charge on any atom is 0.254 e. The first kappa shape index (κ1) is 20.0. The van der Waals surface area contributed by atoms with Gasteiger partial charge in [0.2, 0.25) is 0 Å². The Hall–Kier alpha value is -2.78. The van der Waals surface area contributed by atoms with Gasteiger partial charge in [0.05, 0.1) is 6.54 Å². The molecule has 0 aliphatic heterocycles. The Bertz CT molecular complexity index is 943. The lowest BCUT2D eigenvalue weighted by Gasteiger charge is -2.22. The number of rotatable bonds is 8. The van der Waals surface area contributed by atoms with E-state index in [1.54, 1.807) is 6.08 Å². The van der Waals surface area contributed by atoms with Crippen LogP contribution in [-0.2, 0) is 19.5 Å². The van der Waals surface area contributed by atoms with Crippen molar-refractivity contribution < 1.29 is 4.79 Å². The van der Waals surface area contributed by atoms with Gasteiger partial charge in [-0.05, 0) is 47.9 Å². The van der Waals surface area contributed by atoms with E-state index in [4.69, 9.17) is 11.6 Å². The Morgan fingerprint density at radius 1 is 1.11 bits per heavy atom. The van der Waals surface area contributed by atoms with Crippen molar-refractivity contribution in [3.05, 3.63) is 107 Å². The van der Waals surface area contributed by atoms with E-state index < -0.39 is 0 Å². The number of aromatic nitrogens is 1. The molecule has 0 saturated heterocycles. The maximum atomic E-state index is 13.0. The van der Waals surface area contributed by atoms with Crippen LogP contribution in [0.1, 0.15) is 34.1 Å². The van der Waals surface area contributed by atoms with Crippen LogP contribution in [0.4, 0.5) is 0 Å². The number of hydrogen-bond acceptors (Lipinski definition) is 1.